The molecule has 0 aromatic heterocycles. The van der Waals surface area contributed by atoms with Crippen molar-refractivity contribution in [1.29, 1.82) is 0 Å². The molecule has 1 aliphatic rings. The number of carbonyl (C=O) groups excluding carboxylic acids is 1. The van der Waals surface area contributed by atoms with E-state index in [1.807, 2.05) is 0 Å². The van der Waals surface area contributed by atoms with E-state index in [0.29, 0.717) is 22.9 Å². The zero-order valence-corrected chi connectivity index (χ0v) is 15.8. The van der Waals surface area contributed by atoms with Gasteiger partial charge in [-0.25, -0.2) is 0 Å². The topological polar surface area (TPSA) is 54.0 Å². The van der Waals surface area contributed by atoms with Crippen LogP contribution in [0.15, 0.2) is 18.2 Å². The summed E-state index contributed by atoms with van der Waals surface area (Å²) in [6.45, 7) is 3.83. The van der Waals surface area contributed by atoms with Gasteiger partial charge in [-0.15, -0.1) is 0 Å². The van der Waals surface area contributed by atoms with Crippen LogP contribution in [0.3, 0.4) is 0 Å². The largest absolute Gasteiger partial charge is 0.493 e. The molecule has 6 nitrogen and oxygen atoms in total. The number of anilines is 1. The number of benzene rings is 1. The fourth-order valence-electron chi connectivity index (χ4n) is 2.32. The summed E-state index contributed by atoms with van der Waals surface area (Å²) in [7, 11) is 5.24. The summed E-state index contributed by atoms with van der Waals surface area (Å²) < 4.78 is 11.2. The van der Waals surface area contributed by atoms with Gasteiger partial charge in [0.05, 0.1) is 20.0 Å². The molecule has 0 spiro atoms. The number of amides is 1. The van der Waals surface area contributed by atoms with Crippen molar-refractivity contribution < 1.29 is 14.3 Å². The second-order valence-corrected chi connectivity index (χ2v) is 7.07. The molecular weight excluding hydrogens is 346 g/mol. The van der Waals surface area contributed by atoms with E-state index in [-0.39, 0.29) is 5.91 Å². The van der Waals surface area contributed by atoms with Crippen LogP contribution in [0.1, 0.15) is 0 Å². The van der Waals surface area contributed by atoms with E-state index in [4.69, 9.17) is 21.7 Å². The van der Waals surface area contributed by atoms with Crippen molar-refractivity contribution in [3.05, 3.63) is 18.2 Å². The third-order valence-corrected chi connectivity index (χ3v) is 5.28. The Morgan fingerprint density at radius 1 is 1.21 bits per heavy atom. The third-order valence-electron chi connectivity index (χ3n) is 3.76. The number of nitrogens with one attached hydrogen (secondary N) is 1. The van der Waals surface area contributed by atoms with Crippen molar-refractivity contribution in [1.82, 2.24) is 9.80 Å². The first kappa shape index (κ1) is 18.8. The Kier molecular flexibility index (Phi) is 7.14. The summed E-state index contributed by atoms with van der Waals surface area (Å²) in [5.74, 6) is 1.40. The molecule has 1 N–H and O–H groups in total. The number of thioether (sulfide) groups is 1. The van der Waals surface area contributed by atoms with Gasteiger partial charge >= 0.3 is 0 Å². The van der Waals surface area contributed by atoms with E-state index in [9.17, 15) is 4.79 Å². The Balaban J connectivity index is 1.82. The summed E-state index contributed by atoms with van der Waals surface area (Å²) >= 11 is 6.82. The maximum absolute atomic E-state index is 12.1. The fourth-order valence-corrected chi connectivity index (χ4v) is 3.37. The van der Waals surface area contributed by atoms with Crippen molar-refractivity contribution in [3.63, 3.8) is 0 Å². The summed E-state index contributed by atoms with van der Waals surface area (Å²) in [4.78, 5) is 16.5. The molecular formula is C16H23N3O3S2. The number of methoxy groups -OCH3 is 2. The molecule has 8 heteroatoms. The number of carbonyl (C=O) groups is 1. The Hall–Kier alpha value is -1.51. The Bertz CT molecular complexity index is 590. The molecule has 24 heavy (non-hydrogen) atoms. The maximum Gasteiger partial charge on any atom is 0.234 e. The average molecular weight is 370 g/mol. The lowest BCUT2D eigenvalue weighted by Gasteiger charge is -2.33. The van der Waals surface area contributed by atoms with Gasteiger partial charge in [-0.2, -0.15) is 0 Å². The molecule has 1 fully saturated rings. The van der Waals surface area contributed by atoms with Gasteiger partial charge in [-0.05, 0) is 19.2 Å². The van der Waals surface area contributed by atoms with Crippen LogP contribution in [-0.2, 0) is 4.79 Å². The number of rotatable bonds is 5. The molecule has 1 aromatic carbocycles. The van der Waals surface area contributed by atoms with Crippen molar-refractivity contribution in [2.24, 2.45) is 0 Å². The van der Waals surface area contributed by atoms with Gasteiger partial charge in [-0.1, -0.05) is 24.0 Å². The van der Waals surface area contributed by atoms with E-state index in [1.54, 1.807) is 32.4 Å². The number of thiocarbonyl (C=S) groups is 1. The first-order chi connectivity index (χ1) is 11.5. The third kappa shape index (κ3) is 5.25. The Morgan fingerprint density at radius 2 is 1.88 bits per heavy atom. The van der Waals surface area contributed by atoms with Crippen molar-refractivity contribution >= 4 is 39.9 Å². The van der Waals surface area contributed by atoms with Crippen molar-refractivity contribution in [3.8, 4) is 11.5 Å². The predicted molar refractivity (Wildman–Crippen MR) is 102 cm³/mol. The van der Waals surface area contributed by atoms with E-state index < -0.39 is 0 Å². The fraction of sp³-hybridized carbons (Fsp3) is 0.500. The monoisotopic (exact) mass is 369 g/mol. The normalized spacial score (nSPS) is 15.0. The van der Waals surface area contributed by atoms with Gasteiger partial charge in [0.25, 0.3) is 0 Å². The number of likely N-dealkylation sites (N-methyl/N-ethyl adjacent to an activating group) is 1. The summed E-state index contributed by atoms with van der Waals surface area (Å²) in [6, 6.07) is 5.28. The lowest BCUT2D eigenvalue weighted by Crippen LogP contribution is -2.46. The number of piperazine rings is 1. The van der Waals surface area contributed by atoms with Gasteiger partial charge < -0.3 is 24.6 Å². The average Bonchev–Trinajstić information content (AvgIpc) is 2.60. The second-order valence-electron chi connectivity index (χ2n) is 5.46. The predicted octanol–water partition coefficient (Wildman–Crippen LogP) is 1.91. The zero-order valence-electron chi connectivity index (χ0n) is 14.2. The number of nitrogens with zero attached hydrogens (tertiary/aromatic N) is 2. The Labute approximate surface area is 152 Å². The van der Waals surface area contributed by atoms with Gasteiger partial charge in [-0.3, -0.25) is 4.79 Å². The minimum Gasteiger partial charge on any atom is -0.493 e. The van der Waals surface area contributed by atoms with E-state index >= 15 is 0 Å². The van der Waals surface area contributed by atoms with Crippen molar-refractivity contribution in [2.75, 3.05) is 58.5 Å². The quantitative estimate of drug-likeness (QED) is 0.796. The van der Waals surface area contributed by atoms with Crippen LogP contribution < -0.4 is 14.8 Å². The number of hydrogen-bond donors (Lipinski definition) is 1. The minimum absolute atomic E-state index is 0.0938. The molecule has 0 atom stereocenters. The smallest absolute Gasteiger partial charge is 0.234 e. The molecule has 0 aliphatic carbocycles. The van der Waals surface area contributed by atoms with E-state index in [0.717, 1.165) is 30.5 Å². The molecule has 1 saturated heterocycles. The highest BCUT2D eigenvalue weighted by Crippen LogP contribution is 2.29. The number of ether oxygens (including phenoxy) is 2. The van der Waals surface area contributed by atoms with Crippen LogP contribution >= 0.6 is 24.0 Å². The van der Waals surface area contributed by atoms with E-state index in [2.05, 4.69) is 22.2 Å². The standard InChI is InChI=1S/C16H23N3O3S2/c1-18-6-8-19(9-7-18)16(23)24-11-15(20)17-12-4-5-13(21-2)14(10-12)22-3/h4-5,10H,6-9,11H2,1-3H3,(H,17,20). The highest BCUT2D eigenvalue weighted by Gasteiger charge is 2.17. The van der Waals surface area contributed by atoms with Gasteiger partial charge in [0, 0.05) is 37.9 Å². The highest BCUT2D eigenvalue weighted by atomic mass is 32.2. The molecule has 132 valence electrons. The SMILES string of the molecule is COc1ccc(NC(=O)CSC(=S)N2CCN(C)CC2)cc1OC. The lowest BCUT2D eigenvalue weighted by molar-refractivity contribution is -0.113. The minimum atomic E-state index is -0.0938. The summed E-state index contributed by atoms with van der Waals surface area (Å²) in [5, 5.41) is 2.85. The molecule has 0 bridgehead atoms. The van der Waals surface area contributed by atoms with E-state index in [1.165, 1.54) is 11.8 Å². The van der Waals surface area contributed by atoms with Crippen LogP contribution in [-0.4, -0.2) is 73.2 Å². The zero-order chi connectivity index (χ0) is 17.5. The van der Waals surface area contributed by atoms with Gasteiger partial charge in [0.1, 0.15) is 4.32 Å². The number of hydrogen-bond acceptors (Lipinski definition) is 6. The molecule has 0 radical (unpaired) electrons. The molecule has 0 unspecified atom stereocenters. The molecule has 1 aliphatic heterocycles. The maximum atomic E-state index is 12.1. The van der Waals surface area contributed by atoms with Crippen molar-refractivity contribution in [2.45, 2.75) is 0 Å². The van der Waals surface area contributed by atoms with Crippen LogP contribution in [0.2, 0.25) is 0 Å². The van der Waals surface area contributed by atoms with Gasteiger partial charge in [0.2, 0.25) is 5.91 Å². The molecule has 0 saturated carbocycles. The molecule has 1 aromatic rings. The lowest BCUT2D eigenvalue weighted by atomic mass is 10.2. The van der Waals surface area contributed by atoms with Crippen LogP contribution in [0.5, 0.6) is 11.5 Å². The molecule has 1 amide bonds. The summed E-state index contributed by atoms with van der Waals surface area (Å²) in [5.41, 5.74) is 0.670. The first-order valence-corrected chi connectivity index (χ1v) is 9.05. The second kappa shape index (κ2) is 9.10. The molecule has 2 rings (SSSR count). The molecule has 1 heterocycles. The highest BCUT2D eigenvalue weighted by molar-refractivity contribution is 8.23. The first-order valence-electron chi connectivity index (χ1n) is 7.65. The Morgan fingerprint density at radius 3 is 2.50 bits per heavy atom. The van der Waals surface area contributed by atoms with Crippen LogP contribution in [0.25, 0.3) is 0 Å². The van der Waals surface area contributed by atoms with Crippen LogP contribution in [0, 0.1) is 0 Å². The summed E-state index contributed by atoms with van der Waals surface area (Å²) in [6.07, 6.45) is 0. The van der Waals surface area contributed by atoms with Crippen LogP contribution in [0.4, 0.5) is 5.69 Å². The van der Waals surface area contributed by atoms with Gasteiger partial charge in [0.15, 0.2) is 11.5 Å².